The Labute approximate surface area is 160 Å². The van der Waals surface area contributed by atoms with Crippen LogP contribution in [0.15, 0.2) is 17.4 Å². The molecule has 2 N–H and O–H groups in total. The standard InChI is InChI=1S/C17H21N7O2S/c1-11-20-14(22-17-18-10-13(27-17)16(25)26)8-15(21-11)23-4-6-24(7-5-23)19-9-12-2-3-12/h8-10,12H,2-7H2,1H3,(H,25,26)(H,18,20,21,22)/b19-9+. The van der Waals surface area contributed by atoms with Crippen LogP contribution in [0.4, 0.5) is 16.8 Å². The lowest BCUT2D eigenvalue weighted by Gasteiger charge is -2.34. The summed E-state index contributed by atoms with van der Waals surface area (Å²) >= 11 is 1.08. The maximum absolute atomic E-state index is 11.0. The molecule has 1 saturated heterocycles. The average molecular weight is 387 g/mol. The van der Waals surface area contributed by atoms with E-state index >= 15 is 0 Å². The van der Waals surface area contributed by atoms with Crippen molar-refractivity contribution in [2.24, 2.45) is 11.0 Å². The number of carbonyl (C=O) groups is 1. The van der Waals surface area contributed by atoms with Gasteiger partial charge in [-0.2, -0.15) is 5.10 Å². The van der Waals surface area contributed by atoms with E-state index in [0.717, 1.165) is 43.3 Å². The van der Waals surface area contributed by atoms with Gasteiger partial charge < -0.3 is 15.3 Å². The Balaban J connectivity index is 1.41. The number of carboxylic acids is 1. The van der Waals surface area contributed by atoms with Crippen molar-refractivity contribution in [2.75, 3.05) is 36.4 Å². The number of hydrogen-bond acceptors (Lipinski definition) is 9. The zero-order valence-corrected chi connectivity index (χ0v) is 15.8. The van der Waals surface area contributed by atoms with Crippen LogP contribution in [0.25, 0.3) is 0 Å². The summed E-state index contributed by atoms with van der Waals surface area (Å²) in [6.45, 7) is 5.26. The minimum Gasteiger partial charge on any atom is -0.477 e. The summed E-state index contributed by atoms with van der Waals surface area (Å²) < 4.78 is 0. The highest BCUT2D eigenvalue weighted by atomic mass is 32.1. The molecule has 2 aliphatic rings. The van der Waals surface area contributed by atoms with Gasteiger partial charge in [0, 0.05) is 25.4 Å². The van der Waals surface area contributed by atoms with Crippen LogP contribution in [-0.2, 0) is 0 Å². The number of rotatable bonds is 6. The maximum Gasteiger partial charge on any atom is 0.347 e. The van der Waals surface area contributed by atoms with Crippen LogP contribution >= 0.6 is 11.3 Å². The minimum atomic E-state index is -0.984. The highest BCUT2D eigenvalue weighted by molar-refractivity contribution is 7.17. The first-order chi connectivity index (χ1) is 13.1. The van der Waals surface area contributed by atoms with Gasteiger partial charge in [-0.15, -0.1) is 0 Å². The minimum absolute atomic E-state index is 0.186. The highest BCUT2D eigenvalue weighted by Crippen LogP contribution is 2.27. The van der Waals surface area contributed by atoms with Crippen LogP contribution < -0.4 is 10.2 Å². The predicted octanol–water partition coefficient (Wildman–Crippen LogP) is 2.20. The van der Waals surface area contributed by atoms with E-state index in [9.17, 15) is 4.79 Å². The molecule has 9 nitrogen and oxygen atoms in total. The first-order valence-electron chi connectivity index (χ1n) is 8.92. The van der Waals surface area contributed by atoms with E-state index in [4.69, 9.17) is 5.11 Å². The fraction of sp³-hybridized carbons (Fsp3) is 0.471. The number of aryl methyl sites for hydroxylation is 1. The molecular weight excluding hydrogens is 366 g/mol. The largest absolute Gasteiger partial charge is 0.477 e. The number of nitrogens with one attached hydrogen (secondary N) is 1. The molecule has 142 valence electrons. The highest BCUT2D eigenvalue weighted by Gasteiger charge is 2.21. The molecule has 10 heteroatoms. The summed E-state index contributed by atoms with van der Waals surface area (Å²) in [5.41, 5.74) is 0. The molecule has 27 heavy (non-hydrogen) atoms. The Hall–Kier alpha value is -2.75. The van der Waals surface area contributed by atoms with Crippen molar-refractivity contribution in [1.82, 2.24) is 20.0 Å². The molecule has 2 aromatic rings. The molecule has 1 aliphatic heterocycles. The lowest BCUT2D eigenvalue weighted by molar-refractivity contribution is 0.0702. The number of anilines is 3. The van der Waals surface area contributed by atoms with E-state index in [1.165, 1.54) is 19.0 Å². The molecule has 3 heterocycles. The van der Waals surface area contributed by atoms with Crippen LogP contribution in [0.1, 0.15) is 28.3 Å². The van der Waals surface area contributed by atoms with E-state index in [0.29, 0.717) is 22.7 Å². The third-order valence-corrected chi connectivity index (χ3v) is 5.32. The molecule has 1 aliphatic carbocycles. The van der Waals surface area contributed by atoms with Crippen molar-refractivity contribution >= 4 is 40.3 Å². The van der Waals surface area contributed by atoms with Gasteiger partial charge in [-0.25, -0.2) is 19.7 Å². The van der Waals surface area contributed by atoms with Crippen molar-refractivity contribution in [2.45, 2.75) is 19.8 Å². The fourth-order valence-corrected chi connectivity index (χ4v) is 3.45. The molecular formula is C17H21N7O2S. The molecule has 0 spiro atoms. The van der Waals surface area contributed by atoms with Crippen LogP contribution in [0, 0.1) is 12.8 Å². The first-order valence-corrected chi connectivity index (χ1v) is 9.74. The van der Waals surface area contributed by atoms with Crippen molar-refractivity contribution in [1.29, 1.82) is 0 Å². The summed E-state index contributed by atoms with van der Waals surface area (Å²) in [7, 11) is 0. The summed E-state index contributed by atoms with van der Waals surface area (Å²) in [4.78, 5) is 26.4. The maximum atomic E-state index is 11.0. The van der Waals surface area contributed by atoms with Gasteiger partial charge in [0.25, 0.3) is 0 Å². The molecule has 0 unspecified atom stereocenters. The Kier molecular flexibility index (Phi) is 4.88. The Morgan fingerprint density at radius 2 is 2.11 bits per heavy atom. The van der Waals surface area contributed by atoms with Crippen molar-refractivity contribution < 1.29 is 9.90 Å². The van der Waals surface area contributed by atoms with Gasteiger partial charge in [-0.05, 0) is 25.7 Å². The summed E-state index contributed by atoms with van der Waals surface area (Å²) in [6.07, 6.45) is 5.95. The van der Waals surface area contributed by atoms with Gasteiger partial charge in [-0.1, -0.05) is 11.3 Å². The molecule has 2 aromatic heterocycles. The van der Waals surface area contributed by atoms with Crippen molar-refractivity contribution in [3.8, 4) is 0 Å². The Bertz CT molecular complexity index is 857. The number of hydrazone groups is 1. The zero-order valence-electron chi connectivity index (χ0n) is 15.0. The zero-order chi connectivity index (χ0) is 18.8. The lowest BCUT2D eigenvalue weighted by atomic mass is 10.3. The monoisotopic (exact) mass is 387 g/mol. The van der Waals surface area contributed by atoms with Gasteiger partial charge in [0.1, 0.15) is 22.3 Å². The number of thiazole rings is 1. The molecule has 0 radical (unpaired) electrons. The second-order valence-electron chi connectivity index (χ2n) is 6.66. The van der Waals surface area contributed by atoms with E-state index in [2.05, 4.69) is 41.5 Å². The first kappa shape index (κ1) is 17.7. The third kappa shape index (κ3) is 4.51. The SMILES string of the molecule is Cc1nc(Nc2ncc(C(=O)O)s2)cc(N2CCN(/N=C/C3CC3)CC2)n1. The number of aromatic carboxylic acids is 1. The van der Waals surface area contributed by atoms with E-state index in [1.54, 1.807) is 0 Å². The topological polar surface area (TPSA) is 107 Å². The van der Waals surface area contributed by atoms with E-state index in [1.807, 2.05) is 13.0 Å². The molecule has 2 fully saturated rings. The van der Waals surface area contributed by atoms with Gasteiger partial charge in [-0.3, -0.25) is 5.01 Å². The molecule has 4 rings (SSSR count). The summed E-state index contributed by atoms with van der Waals surface area (Å²) in [5, 5.41) is 19.3. The Morgan fingerprint density at radius 1 is 1.33 bits per heavy atom. The number of piperazine rings is 1. The second-order valence-corrected chi connectivity index (χ2v) is 7.69. The molecule has 0 atom stereocenters. The van der Waals surface area contributed by atoms with E-state index < -0.39 is 5.97 Å². The molecule has 0 aromatic carbocycles. The van der Waals surface area contributed by atoms with Crippen LogP contribution in [-0.4, -0.2) is 63.4 Å². The molecule has 1 saturated carbocycles. The quantitative estimate of drug-likeness (QED) is 0.727. The summed E-state index contributed by atoms with van der Waals surface area (Å²) in [5.74, 6) is 1.82. The second kappa shape index (κ2) is 7.47. The normalized spacial score (nSPS) is 17.5. The smallest absolute Gasteiger partial charge is 0.347 e. The van der Waals surface area contributed by atoms with Crippen LogP contribution in [0.3, 0.4) is 0 Å². The number of carboxylic acid groups (broad SMARTS) is 1. The van der Waals surface area contributed by atoms with Crippen LogP contribution in [0.5, 0.6) is 0 Å². The number of nitrogens with zero attached hydrogens (tertiary/aromatic N) is 6. The van der Waals surface area contributed by atoms with Crippen molar-refractivity contribution in [3.05, 3.63) is 23.0 Å². The third-order valence-electron chi connectivity index (χ3n) is 4.42. The Morgan fingerprint density at radius 3 is 2.78 bits per heavy atom. The molecule has 0 bridgehead atoms. The van der Waals surface area contributed by atoms with E-state index in [-0.39, 0.29) is 4.88 Å². The van der Waals surface area contributed by atoms with Gasteiger partial charge in [0.2, 0.25) is 0 Å². The molecule has 0 amide bonds. The lowest BCUT2D eigenvalue weighted by Crippen LogP contribution is -2.44. The van der Waals surface area contributed by atoms with Gasteiger partial charge >= 0.3 is 5.97 Å². The number of aromatic nitrogens is 3. The van der Waals surface area contributed by atoms with Gasteiger partial charge in [0.15, 0.2) is 5.13 Å². The van der Waals surface area contributed by atoms with Crippen LogP contribution in [0.2, 0.25) is 0 Å². The summed E-state index contributed by atoms with van der Waals surface area (Å²) in [6, 6.07) is 1.87. The average Bonchev–Trinajstić information content (AvgIpc) is 3.36. The predicted molar refractivity (Wildman–Crippen MR) is 104 cm³/mol. The van der Waals surface area contributed by atoms with Gasteiger partial charge in [0.05, 0.1) is 19.3 Å². The number of hydrogen-bond donors (Lipinski definition) is 2. The van der Waals surface area contributed by atoms with Crippen molar-refractivity contribution in [3.63, 3.8) is 0 Å². The fourth-order valence-electron chi connectivity index (χ4n) is 2.79.